The number of nitrogens with two attached hydrogens (primary N) is 1. The minimum absolute atomic E-state index is 0.325. The predicted molar refractivity (Wildman–Crippen MR) is 90.2 cm³/mol. The lowest BCUT2D eigenvalue weighted by atomic mass is 10.2. The molecule has 3 N–H and O–H groups in total. The molecule has 0 aromatic heterocycles. The van der Waals surface area contributed by atoms with Gasteiger partial charge in [-0.3, -0.25) is 0 Å². The third-order valence-corrected chi connectivity index (χ3v) is 3.55. The van der Waals surface area contributed by atoms with Crippen LogP contribution in [0.1, 0.15) is 11.1 Å². The second-order valence-corrected chi connectivity index (χ2v) is 5.62. The van der Waals surface area contributed by atoms with Crippen molar-refractivity contribution in [3.05, 3.63) is 63.1 Å². The normalized spacial score (nSPS) is 10.6. The van der Waals surface area contributed by atoms with Crippen LogP contribution in [0.15, 0.2) is 52.0 Å². The molecule has 0 aliphatic carbocycles. The van der Waals surface area contributed by atoms with E-state index in [2.05, 4.69) is 26.5 Å². The van der Waals surface area contributed by atoms with Gasteiger partial charge in [-0.15, -0.1) is 0 Å². The first kappa shape index (κ1) is 16.3. The second-order valence-electron chi connectivity index (χ2n) is 4.30. The van der Waals surface area contributed by atoms with E-state index in [1.807, 2.05) is 30.3 Å². The Morgan fingerprint density at radius 2 is 2.14 bits per heavy atom. The Bertz CT molecular complexity index is 707. The lowest BCUT2D eigenvalue weighted by Crippen LogP contribution is -2.24. The van der Waals surface area contributed by atoms with Crippen LogP contribution in [0.5, 0.6) is 5.75 Å². The number of hydrazone groups is 1. The molecule has 0 atom stereocenters. The van der Waals surface area contributed by atoms with Crippen LogP contribution in [-0.2, 0) is 6.61 Å². The van der Waals surface area contributed by atoms with Gasteiger partial charge in [0.05, 0.1) is 6.21 Å². The van der Waals surface area contributed by atoms with Gasteiger partial charge in [0.1, 0.15) is 12.4 Å². The van der Waals surface area contributed by atoms with Crippen molar-refractivity contribution in [2.75, 3.05) is 0 Å². The van der Waals surface area contributed by atoms with Crippen molar-refractivity contribution in [3.8, 4) is 5.75 Å². The van der Waals surface area contributed by atoms with Crippen molar-refractivity contribution in [1.82, 2.24) is 5.43 Å². The highest BCUT2D eigenvalue weighted by molar-refractivity contribution is 9.10. The number of primary amides is 1. The molecule has 0 heterocycles. The largest absolute Gasteiger partial charge is 0.488 e. The number of hydrogen-bond donors (Lipinski definition) is 2. The van der Waals surface area contributed by atoms with Gasteiger partial charge >= 0.3 is 6.03 Å². The zero-order valence-electron chi connectivity index (χ0n) is 11.4. The van der Waals surface area contributed by atoms with Crippen LogP contribution >= 0.6 is 27.5 Å². The zero-order chi connectivity index (χ0) is 15.9. The minimum atomic E-state index is -0.732. The number of halogens is 2. The van der Waals surface area contributed by atoms with Crippen molar-refractivity contribution in [1.29, 1.82) is 0 Å². The molecule has 2 aromatic carbocycles. The molecular weight excluding hydrogens is 370 g/mol. The minimum Gasteiger partial charge on any atom is -0.488 e. The van der Waals surface area contributed by atoms with Gasteiger partial charge in [-0.1, -0.05) is 45.7 Å². The number of carbonyl (C=O) groups excluding carboxylic acids is 1. The van der Waals surface area contributed by atoms with Gasteiger partial charge < -0.3 is 10.5 Å². The van der Waals surface area contributed by atoms with E-state index in [1.54, 1.807) is 12.1 Å². The van der Waals surface area contributed by atoms with E-state index in [-0.39, 0.29) is 0 Å². The van der Waals surface area contributed by atoms with Gasteiger partial charge in [-0.05, 0) is 24.3 Å². The third-order valence-electron chi connectivity index (χ3n) is 2.69. The van der Waals surface area contributed by atoms with Gasteiger partial charge in [0.2, 0.25) is 0 Å². The van der Waals surface area contributed by atoms with Crippen LogP contribution in [0.4, 0.5) is 4.79 Å². The lowest BCUT2D eigenvalue weighted by Gasteiger charge is -2.10. The SMILES string of the molecule is NC(=O)N/N=C/c1cc(Br)ccc1OCc1ccccc1Cl. The van der Waals surface area contributed by atoms with Crippen molar-refractivity contribution >= 4 is 39.8 Å². The van der Waals surface area contributed by atoms with Crippen LogP contribution in [0.25, 0.3) is 0 Å². The fourth-order valence-electron chi connectivity index (χ4n) is 1.69. The molecule has 0 saturated carbocycles. The molecule has 0 radical (unpaired) electrons. The smallest absolute Gasteiger partial charge is 0.332 e. The van der Waals surface area contributed by atoms with Crippen molar-refractivity contribution in [2.45, 2.75) is 6.61 Å². The van der Waals surface area contributed by atoms with E-state index < -0.39 is 6.03 Å². The molecule has 0 bridgehead atoms. The maximum atomic E-state index is 10.6. The number of nitrogens with one attached hydrogen (secondary N) is 1. The van der Waals surface area contributed by atoms with Crippen LogP contribution in [0, 0.1) is 0 Å². The molecule has 0 aliphatic heterocycles. The average Bonchev–Trinajstić information content (AvgIpc) is 2.47. The average molecular weight is 383 g/mol. The lowest BCUT2D eigenvalue weighted by molar-refractivity contribution is 0.249. The summed E-state index contributed by atoms with van der Waals surface area (Å²) in [6.07, 6.45) is 1.46. The molecule has 2 aromatic rings. The summed E-state index contributed by atoms with van der Waals surface area (Å²) in [7, 11) is 0. The Morgan fingerprint density at radius 3 is 2.86 bits per heavy atom. The Labute approximate surface area is 141 Å². The molecule has 0 aliphatic rings. The topological polar surface area (TPSA) is 76.7 Å². The number of rotatable bonds is 5. The summed E-state index contributed by atoms with van der Waals surface area (Å²) < 4.78 is 6.64. The van der Waals surface area contributed by atoms with E-state index >= 15 is 0 Å². The molecule has 22 heavy (non-hydrogen) atoms. The predicted octanol–water partition coefficient (Wildman–Crippen LogP) is 3.68. The first-order valence-electron chi connectivity index (χ1n) is 6.30. The van der Waals surface area contributed by atoms with Crippen molar-refractivity contribution in [3.63, 3.8) is 0 Å². The number of ether oxygens (including phenoxy) is 1. The Hall–Kier alpha value is -2.05. The highest BCUT2D eigenvalue weighted by Gasteiger charge is 2.05. The van der Waals surface area contributed by atoms with Crippen LogP contribution in [0.2, 0.25) is 5.02 Å². The first-order chi connectivity index (χ1) is 10.6. The third kappa shape index (κ3) is 4.75. The fraction of sp³-hybridized carbons (Fsp3) is 0.0667. The summed E-state index contributed by atoms with van der Waals surface area (Å²) in [5.74, 6) is 0.609. The van der Waals surface area contributed by atoms with Gasteiger partial charge in [0.15, 0.2) is 0 Å². The highest BCUT2D eigenvalue weighted by atomic mass is 79.9. The summed E-state index contributed by atoms with van der Waals surface area (Å²) >= 11 is 9.47. The zero-order valence-corrected chi connectivity index (χ0v) is 13.8. The monoisotopic (exact) mass is 381 g/mol. The Morgan fingerprint density at radius 1 is 1.36 bits per heavy atom. The summed E-state index contributed by atoms with van der Waals surface area (Å²) in [6.45, 7) is 0.325. The first-order valence-corrected chi connectivity index (χ1v) is 7.47. The number of carbonyl (C=O) groups is 1. The molecule has 0 spiro atoms. The van der Waals surface area contributed by atoms with Gasteiger partial charge in [0, 0.05) is 20.6 Å². The van der Waals surface area contributed by atoms with E-state index in [0.29, 0.717) is 22.9 Å². The maximum Gasteiger partial charge on any atom is 0.332 e. The van der Waals surface area contributed by atoms with Crippen LogP contribution in [0.3, 0.4) is 0 Å². The molecule has 0 fully saturated rings. The Balaban J connectivity index is 2.14. The quantitative estimate of drug-likeness (QED) is 0.611. The molecule has 5 nitrogen and oxygen atoms in total. The molecule has 2 amide bonds. The molecular formula is C15H13BrClN3O2. The van der Waals surface area contributed by atoms with E-state index in [1.165, 1.54) is 6.21 Å². The van der Waals surface area contributed by atoms with E-state index in [4.69, 9.17) is 22.1 Å². The summed E-state index contributed by atoms with van der Waals surface area (Å²) in [4.78, 5) is 10.6. The number of hydrogen-bond acceptors (Lipinski definition) is 3. The molecule has 2 rings (SSSR count). The Kier molecular flexibility index (Phi) is 5.80. The fourth-order valence-corrected chi connectivity index (χ4v) is 2.26. The summed E-state index contributed by atoms with van der Waals surface area (Å²) in [5.41, 5.74) is 8.67. The summed E-state index contributed by atoms with van der Waals surface area (Å²) in [6, 6.07) is 12.2. The molecule has 0 saturated heterocycles. The van der Waals surface area contributed by atoms with E-state index in [0.717, 1.165) is 10.0 Å². The van der Waals surface area contributed by atoms with Crippen molar-refractivity contribution in [2.24, 2.45) is 10.8 Å². The second kappa shape index (κ2) is 7.82. The van der Waals surface area contributed by atoms with Crippen LogP contribution in [-0.4, -0.2) is 12.2 Å². The summed E-state index contributed by atoms with van der Waals surface area (Å²) in [5, 5.41) is 4.38. The van der Waals surface area contributed by atoms with Crippen molar-refractivity contribution < 1.29 is 9.53 Å². The van der Waals surface area contributed by atoms with Crippen LogP contribution < -0.4 is 15.9 Å². The number of amides is 2. The highest BCUT2D eigenvalue weighted by Crippen LogP contribution is 2.24. The number of urea groups is 1. The molecule has 7 heteroatoms. The standard InChI is InChI=1S/C15H13BrClN3O2/c16-12-5-6-14(11(7-12)8-19-20-15(18)21)22-9-10-3-1-2-4-13(10)17/h1-8H,9H2,(H3,18,20,21)/b19-8+. The number of benzene rings is 2. The van der Waals surface area contributed by atoms with Gasteiger partial charge in [-0.25, -0.2) is 10.2 Å². The maximum absolute atomic E-state index is 10.6. The van der Waals surface area contributed by atoms with Gasteiger partial charge in [0.25, 0.3) is 0 Å². The number of nitrogens with zero attached hydrogens (tertiary/aromatic N) is 1. The molecule has 114 valence electrons. The van der Waals surface area contributed by atoms with Gasteiger partial charge in [-0.2, -0.15) is 5.10 Å². The molecule has 0 unspecified atom stereocenters. The van der Waals surface area contributed by atoms with E-state index in [9.17, 15) is 4.79 Å².